The molecule has 1 amide bonds. The van der Waals surface area contributed by atoms with Crippen LogP contribution in [0.4, 0.5) is 0 Å². The van der Waals surface area contributed by atoms with E-state index in [9.17, 15) is 4.79 Å². The molecule has 0 atom stereocenters. The van der Waals surface area contributed by atoms with Gasteiger partial charge in [0.1, 0.15) is 11.6 Å². The molecule has 0 saturated heterocycles. The molecular weight excluding hydrogens is 232 g/mol. The Morgan fingerprint density at radius 1 is 1.56 bits per heavy atom. The molecule has 0 radical (unpaired) electrons. The lowest BCUT2D eigenvalue weighted by atomic mass is 10.3. The Kier molecular flexibility index (Phi) is 2.84. The number of nitrogens with one attached hydrogen (secondary N) is 2. The minimum absolute atomic E-state index is 0.197. The van der Waals surface area contributed by atoms with Gasteiger partial charge in [0.15, 0.2) is 5.69 Å². The molecule has 1 aliphatic rings. The quantitative estimate of drug-likeness (QED) is 0.831. The number of imidazole rings is 1. The maximum absolute atomic E-state index is 11.8. The first-order valence-electron chi connectivity index (χ1n) is 6.06. The molecule has 0 aliphatic heterocycles. The van der Waals surface area contributed by atoms with E-state index in [2.05, 4.69) is 20.4 Å². The molecule has 0 spiro atoms. The molecule has 0 aromatic carbocycles. The Labute approximate surface area is 104 Å². The standard InChI is InChI=1S/C12H14N4O2/c17-12(15-4-3-11-13-5-6-14-11)9-7-10(18-16-9)8-1-2-8/h5-8H,1-4H2,(H,13,14)(H,15,17). The number of carbonyl (C=O) groups is 1. The first-order valence-corrected chi connectivity index (χ1v) is 6.06. The van der Waals surface area contributed by atoms with E-state index in [4.69, 9.17) is 4.52 Å². The number of nitrogens with zero attached hydrogens (tertiary/aromatic N) is 2. The van der Waals surface area contributed by atoms with Crippen LogP contribution in [0.3, 0.4) is 0 Å². The Morgan fingerprint density at radius 2 is 2.44 bits per heavy atom. The number of rotatable bonds is 5. The predicted octanol–water partition coefficient (Wildman–Crippen LogP) is 1.25. The van der Waals surface area contributed by atoms with Crippen molar-refractivity contribution in [1.29, 1.82) is 0 Å². The summed E-state index contributed by atoms with van der Waals surface area (Å²) in [5, 5.41) is 6.57. The number of aromatic nitrogens is 3. The summed E-state index contributed by atoms with van der Waals surface area (Å²) in [4.78, 5) is 18.8. The Morgan fingerprint density at radius 3 is 3.17 bits per heavy atom. The fourth-order valence-corrected chi connectivity index (χ4v) is 1.78. The minimum Gasteiger partial charge on any atom is -0.360 e. The van der Waals surface area contributed by atoms with E-state index in [0.717, 1.165) is 24.4 Å². The Bertz CT molecular complexity index is 528. The smallest absolute Gasteiger partial charge is 0.273 e. The van der Waals surface area contributed by atoms with Gasteiger partial charge in [-0.25, -0.2) is 4.98 Å². The third-order valence-electron chi connectivity index (χ3n) is 2.94. The van der Waals surface area contributed by atoms with Gasteiger partial charge < -0.3 is 14.8 Å². The van der Waals surface area contributed by atoms with Crippen LogP contribution < -0.4 is 5.32 Å². The maximum Gasteiger partial charge on any atom is 0.273 e. The number of aromatic amines is 1. The van der Waals surface area contributed by atoms with E-state index in [1.165, 1.54) is 0 Å². The summed E-state index contributed by atoms with van der Waals surface area (Å²) in [6.07, 6.45) is 6.39. The summed E-state index contributed by atoms with van der Waals surface area (Å²) >= 11 is 0. The zero-order valence-electron chi connectivity index (χ0n) is 9.85. The summed E-state index contributed by atoms with van der Waals surface area (Å²) in [5.74, 6) is 1.96. The van der Waals surface area contributed by atoms with Gasteiger partial charge in [0.2, 0.25) is 0 Å². The summed E-state index contributed by atoms with van der Waals surface area (Å²) < 4.78 is 5.13. The molecule has 1 aliphatic carbocycles. The van der Waals surface area contributed by atoms with E-state index in [0.29, 0.717) is 24.6 Å². The van der Waals surface area contributed by atoms with Crippen molar-refractivity contribution in [3.63, 3.8) is 0 Å². The van der Waals surface area contributed by atoms with Crippen molar-refractivity contribution in [3.8, 4) is 0 Å². The second-order valence-electron chi connectivity index (χ2n) is 4.43. The van der Waals surface area contributed by atoms with Gasteiger partial charge in [0, 0.05) is 37.3 Å². The lowest BCUT2D eigenvalue weighted by Crippen LogP contribution is -2.26. The number of amides is 1. The van der Waals surface area contributed by atoms with Crippen molar-refractivity contribution in [3.05, 3.63) is 35.7 Å². The SMILES string of the molecule is O=C(NCCc1ncc[nH]1)c1cc(C2CC2)on1. The van der Waals surface area contributed by atoms with Crippen LogP contribution in [0.2, 0.25) is 0 Å². The summed E-state index contributed by atoms with van der Waals surface area (Å²) in [5.41, 5.74) is 0.358. The first kappa shape index (κ1) is 11.0. The zero-order chi connectivity index (χ0) is 12.4. The van der Waals surface area contributed by atoms with Gasteiger partial charge in [0.25, 0.3) is 5.91 Å². The van der Waals surface area contributed by atoms with Gasteiger partial charge in [-0.15, -0.1) is 0 Å². The number of hydrogen-bond acceptors (Lipinski definition) is 4. The van der Waals surface area contributed by atoms with Crippen LogP contribution in [0.25, 0.3) is 0 Å². The van der Waals surface area contributed by atoms with E-state index in [-0.39, 0.29) is 5.91 Å². The molecule has 1 saturated carbocycles. The minimum atomic E-state index is -0.197. The van der Waals surface area contributed by atoms with Crippen molar-refractivity contribution in [1.82, 2.24) is 20.4 Å². The highest BCUT2D eigenvalue weighted by atomic mass is 16.5. The number of carbonyl (C=O) groups excluding carboxylic acids is 1. The predicted molar refractivity (Wildman–Crippen MR) is 63.1 cm³/mol. The topological polar surface area (TPSA) is 83.8 Å². The van der Waals surface area contributed by atoms with Gasteiger partial charge in [-0.2, -0.15) is 0 Å². The van der Waals surface area contributed by atoms with Gasteiger partial charge >= 0.3 is 0 Å². The molecule has 2 aromatic rings. The zero-order valence-corrected chi connectivity index (χ0v) is 9.85. The van der Waals surface area contributed by atoms with Crippen molar-refractivity contribution < 1.29 is 9.32 Å². The molecule has 94 valence electrons. The van der Waals surface area contributed by atoms with E-state index >= 15 is 0 Å². The highest BCUT2D eigenvalue weighted by Gasteiger charge is 2.28. The van der Waals surface area contributed by atoms with Crippen molar-refractivity contribution in [2.45, 2.75) is 25.2 Å². The van der Waals surface area contributed by atoms with Crippen molar-refractivity contribution in [2.24, 2.45) is 0 Å². The van der Waals surface area contributed by atoms with Gasteiger partial charge in [-0.05, 0) is 12.8 Å². The van der Waals surface area contributed by atoms with Crippen LogP contribution in [0, 0.1) is 0 Å². The number of hydrogen-bond donors (Lipinski definition) is 2. The van der Waals surface area contributed by atoms with E-state index in [1.807, 2.05) is 0 Å². The second kappa shape index (κ2) is 4.64. The van der Waals surface area contributed by atoms with Crippen LogP contribution in [0.15, 0.2) is 23.0 Å². The molecule has 3 rings (SSSR count). The lowest BCUT2D eigenvalue weighted by molar-refractivity contribution is 0.0945. The molecule has 2 heterocycles. The Balaban J connectivity index is 1.50. The molecule has 2 N–H and O–H groups in total. The van der Waals surface area contributed by atoms with E-state index < -0.39 is 0 Å². The summed E-state index contributed by atoms with van der Waals surface area (Å²) in [6, 6.07) is 1.74. The Hall–Kier alpha value is -2.11. The molecular formula is C12H14N4O2. The molecule has 6 heteroatoms. The fraction of sp³-hybridized carbons (Fsp3) is 0.417. The van der Waals surface area contributed by atoms with Gasteiger partial charge in [-0.1, -0.05) is 5.16 Å². The highest BCUT2D eigenvalue weighted by molar-refractivity contribution is 5.92. The van der Waals surface area contributed by atoms with Crippen molar-refractivity contribution in [2.75, 3.05) is 6.54 Å². The summed E-state index contributed by atoms with van der Waals surface area (Å²) in [6.45, 7) is 0.526. The van der Waals surface area contributed by atoms with Gasteiger partial charge in [-0.3, -0.25) is 4.79 Å². The highest BCUT2D eigenvalue weighted by Crippen LogP contribution is 2.40. The third-order valence-corrected chi connectivity index (χ3v) is 2.94. The van der Waals surface area contributed by atoms with Crippen LogP contribution in [-0.2, 0) is 6.42 Å². The molecule has 0 unspecified atom stereocenters. The third kappa shape index (κ3) is 2.42. The maximum atomic E-state index is 11.8. The number of H-pyrrole nitrogens is 1. The van der Waals surface area contributed by atoms with Crippen LogP contribution in [0.5, 0.6) is 0 Å². The van der Waals surface area contributed by atoms with Crippen LogP contribution >= 0.6 is 0 Å². The summed E-state index contributed by atoms with van der Waals surface area (Å²) in [7, 11) is 0. The normalized spacial score (nSPS) is 14.7. The van der Waals surface area contributed by atoms with Crippen molar-refractivity contribution >= 4 is 5.91 Å². The molecule has 18 heavy (non-hydrogen) atoms. The molecule has 6 nitrogen and oxygen atoms in total. The average Bonchev–Trinajstić information content (AvgIpc) is 2.92. The molecule has 0 bridgehead atoms. The van der Waals surface area contributed by atoms with E-state index in [1.54, 1.807) is 18.5 Å². The first-order chi connectivity index (χ1) is 8.83. The average molecular weight is 246 g/mol. The molecule has 2 aromatic heterocycles. The van der Waals surface area contributed by atoms with Crippen LogP contribution in [0.1, 0.15) is 40.8 Å². The second-order valence-corrected chi connectivity index (χ2v) is 4.43. The lowest BCUT2D eigenvalue weighted by Gasteiger charge is -2.00. The fourth-order valence-electron chi connectivity index (χ4n) is 1.78. The largest absolute Gasteiger partial charge is 0.360 e. The van der Waals surface area contributed by atoms with Gasteiger partial charge in [0.05, 0.1) is 0 Å². The van der Waals surface area contributed by atoms with Crippen LogP contribution in [-0.4, -0.2) is 27.6 Å². The molecule has 1 fully saturated rings. The monoisotopic (exact) mass is 246 g/mol.